The third-order valence-corrected chi connectivity index (χ3v) is 1.94. The van der Waals surface area contributed by atoms with Gasteiger partial charge < -0.3 is 16.0 Å². The van der Waals surface area contributed by atoms with Crippen molar-refractivity contribution < 1.29 is 0 Å². The summed E-state index contributed by atoms with van der Waals surface area (Å²) in [4.78, 5) is 0. The summed E-state index contributed by atoms with van der Waals surface area (Å²) in [6.07, 6.45) is 2.49. The van der Waals surface area contributed by atoms with Gasteiger partial charge in [-0.05, 0) is 20.0 Å². The molecule has 3 heteroatoms. The molecular weight excluding hydrogens is 150 g/mol. The Labute approximate surface area is 76.3 Å². The van der Waals surface area contributed by atoms with Crippen LogP contribution in [0, 0.1) is 0 Å². The van der Waals surface area contributed by atoms with Crippen molar-refractivity contribution in [3.8, 4) is 0 Å². The van der Waals surface area contributed by atoms with Gasteiger partial charge in [-0.1, -0.05) is 20.3 Å². The van der Waals surface area contributed by atoms with Crippen molar-refractivity contribution in [1.82, 2.24) is 16.0 Å². The monoisotopic (exact) mass is 173 g/mol. The van der Waals surface area contributed by atoms with Crippen LogP contribution in [0.25, 0.3) is 0 Å². The Morgan fingerprint density at radius 2 is 1.92 bits per heavy atom. The van der Waals surface area contributed by atoms with Gasteiger partial charge in [0.1, 0.15) is 0 Å². The lowest BCUT2D eigenvalue weighted by molar-refractivity contribution is 0.463. The number of hydrogen-bond acceptors (Lipinski definition) is 3. The quantitative estimate of drug-likeness (QED) is 0.370. The molecule has 0 radical (unpaired) electrons. The molecule has 0 amide bonds. The Bertz CT molecular complexity index is 85.8. The molecule has 1 unspecified atom stereocenters. The zero-order valence-corrected chi connectivity index (χ0v) is 8.61. The van der Waals surface area contributed by atoms with Gasteiger partial charge in [0, 0.05) is 19.3 Å². The molecule has 0 aromatic heterocycles. The van der Waals surface area contributed by atoms with Gasteiger partial charge in [-0.25, -0.2) is 0 Å². The molecule has 0 aliphatic heterocycles. The van der Waals surface area contributed by atoms with Crippen LogP contribution >= 0.6 is 0 Å². The first-order valence-electron chi connectivity index (χ1n) is 4.93. The van der Waals surface area contributed by atoms with Gasteiger partial charge in [0.25, 0.3) is 0 Å². The molecule has 74 valence electrons. The van der Waals surface area contributed by atoms with Gasteiger partial charge in [0.05, 0.1) is 0 Å². The van der Waals surface area contributed by atoms with Crippen LogP contribution in [0.1, 0.15) is 26.7 Å². The molecule has 12 heavy (non-hydrogen) atoms. The van der Waals surface area contributed by atoms with Crippen LogP contribution in [-0.2, 0) is 0 Å². The molecule has 0 fully saturated rings. The summed E-state index contributed by atoms with van der Waals surface area (Å²) in [5.74, 6) is 0. The Morgan fingerprint density at radius 3 is 2.42 bits per heavy atom. The lowest BCUT2D eigenvalue weighted by atomic mass is 10.2. The van der Waals surface area contributed by atoms with Crippen molar-refractivity contribution in [3.63, 3.8) is 0 Å². The minimum atomic E-state index is 0.619. The van der Waals surface area contributed by atoms with Gasteiger partial charge in [0.2, 0.25) is 0 Å². The molecule has 0 aromatic rings. The predicted octanol–water partition coefficient (Wildman–Crippen LogP) is 0.531. The molecule has 0 spiro atoms. The van der Waals surface area contributed by atoms with E-state index in [4.69, 9.17) is 0 Å². The molecular formula is C9H23N3. The molecule has 0 saturated carbocycles. The number of nitrogens with one attached hydrogen (secondary N) is 3. The highest BCUT2D eigenvalue weighted by Crippen LogP contribution is 1.93. The molecule has 1 atom stereocenters. The largest absolute Gasteiger partial charge is 0.316 e. The van der Waals surface area contributed by atoms with E-state index in [0.29, 0.717) is 6.04 Å². The van der Waals surface area contributed by atoms with Crippen LogP contribution in [0.5, 0.6) is 0 Å². The Kier molecular flexibility index (Phi) is 8.88. The van der Waals surface area contributed by atoms with Gasteiger partial charge in [-0.2, -0.15) is 0 Å². The number of rotatable bonds is 8. The fourth-order valence-electron chi connectivity index (χ4n) is 1.16. The smallest absolute Gasteiger partial charge is 0.0454 e. The lowest BCUT2D eigenvalue weighted by Gasteiger charge is -2.15. The van der Waals surface area contributed by atoms with Gasteiger partial charge in [0.15, 0.2) is 0 Å². The fourth-order valence-corrected chi connectivity index (χ4v) is 1.16. The van der Waals surface area contributed by atoms with Crippen molar-refractivity contribution in [2.75, 3.05) is 26.8 Å². The summed E-state index contributed by atoms with van der Waals surface area (Å²) in [5.41, 5.74) is 0. The maximum absolute atomic E-state index is 3.35. The molecule has 0 aromatic carbocycles. The van der Waals surface area contributed by atoms with Crippen LogP contribution in [0.15, 0.2) is 0 Å². The molecule has 0 bridgehead atoms. The zero-order valence-electron chi connectivity index (χ0n) is 8.61. The summed E-state index contributed by atoms with van der Waals surface area (Å²) in [6, 6.07) is 0.619. The second-order valence-corrected chi connectivity index (χ2v) is 3.01. The van der Waals surface area contributed by atoms with Crippen molar-refractivity contribution in [1.29, 1.82) is 0 Å². The fraction of sp³-hybridized carbons (Fsp3) is 1.00. The van der Waals surface area contributed by atoms with Crippen molar-refractivity contribution in [2.24, 2.45) is 0 Å². The van der Waals surface area contributed by atoms with Crippen LogP contribution in [0.3, 0.4) is 0 Å². The average molecular weight is 173 g/mol. The van der Waals surface area contributed by atoms with E-state index in [1.165, 1.54) is 12.8 Å². The summed E-state index contributed by atoms with van der Waals surface area (Å²) in [7, 11) is 2.02. The van der Waals surface area contributed by atoms with Crippen molar-refractivity contribution in [2.45, 2.75) is 32.7 Å². The molecule has 0 rings (SSSR count). The lowest BCUT2D eigenvalue weighted by Crippen LogP contribution is -2.40. The first kappa shape index (κ1) is 11.9. The normalized spacial score (nSPS) is 13.2. The van der Waals surface area contributed by atoms with E-state index in [2.05, 4.69) is 29.8 Å². The first-order chi connectivity index (χ1) is 5.85. The second kappa shape index (κ2) is 8.97. The highest BCUT2D eigenvalue weighted by molar-refractivity contribution is 4.65. The van der Waals surface area contributed by atoms with Gasteiger partial charge in [-0.3, -0.25) is 0 Å². The Morgan fingerprint density at radius 1 is 1.17 bits per heavy atom. The summed E-state index contributed by atoms with van der Waals surface area (Å²) in [5, 5.41) is 9.87. The number of likely N-dealkylation sites (N-methyl/N-ethyl adjacent to an activating group) is 1. The topological polar surface area (TPSA) is 36.1 Å². The van der Waals surface area contributed by atoms with Crippen LogP contribution in [0.2, 0.25) is 0 Å². The molecule has 0 saturated heterocycles. The molecule has 0 heterocycles. The highest BCUT2D eigenvalue weighted by atomic mass is 15.1. The van der Waals surface area contributed by atoms with Crippen LogP contribution < -0.4 is 16.0 Å². The molecule has 3 nitrogen and oxygen atoms in total. The maximum atomic E-state index is 3.35. The SMILES string of the molecule is CCCC(CNCNCC)NC. The third kappa shape index (κ3) is 6.58. The molecule has 0 aliphatic carbocycles. The van der Waals surface area contributed by atoms with Crippen molar-refractivity contribution >= 4 is 0 Å². The minimum absolute atomic E-state index is 0.619. The summed E-state index contributed by atoms with van der Waals surface area (Å²) in [6.45, 7) is 7.33. The second-order valence-electron chi connectivity index (χ2n) is 3.01. The van der Waals surface area contributed by atoms with Gasteiger partial charge in [-0.15, -0.1) is 0 Å². The zero-order chi connectivity index (χ0) is 9.23. The third-order valence-electron chi connectivity index (χ3n) is 1.94. The summed E-state index contributed by atoms with van der Waals surface area (Å²) < 4.78 is 0. The van der Waals surface area contributed by atoms with Crippen molar-refractivity contribution in [3.05, 3.63) is 0 Å². The first-order valence-corrected chi connectivity index (χ1v) is 4.93. The van der Waals surface area contributed by atoms with E-state index in [-0.39, 0.29) is 0 Å². The van der Waals surface area contributed by atoms with Gasteiger partial charge >= 0.3 is 0 Å². The highest BCUT2D eigenvalue weighted by Gasteiger charge is 2.01. The van der Waals surface area contributed by atoms with E-state index in [1.54, 1.807) is 0 Å². The summed E-state index contributed by atoms with van der Waals surface area (Å²) >= 11 is 0. The predicted molar refractivity (Wildman–Crippen MR) is 54.3 cm³/mol. The maximum Gasteiger partial charge on any atom is 0.0454 e. The molecule has 0 aliphatic rings. The van der Waals surface area contributed by atoms with E-state index < -0.39 is 0 Å². The Balaban J connectivity index is 3.19. The molecule has 3 N–H and O–H groups in total. The van der Waals surface area contributed by atoms with Crippen LogP contribution in [-0.4, -0.2) is 32.8 Å². The number of hydrogen-bond donors (Lipinski definition) is 3. The van der Waals surface area contributed by atoms with E-state index in [0.717, 1.165) is 19.8 Å². The minimum Gasteiger partial charge on any atom is -0.316 e. The average Bonchev–Trinajstić information content (AvgIpc) is 2.10. The van der Waals surface area contributed by atoms with Crippen LogP contribution in [0.4, 0.5) is 0 Å². The van der Waals surface area contributed by atoms with E-state index in [9.17, 15) is 0 Å². The van der Waals surface area contributed by atoms with E-state index in [1.807, 2.05) is 7.05 Å². The standard InChI is InChI=1S/C9H23N3/c1-4-6-9(10-3)7-12-8-11-5-2/h9-12H,4-8H2,1-3H3. The Hall–Kier alpha value is -0.120. The van der Waals surface area contributed by atoms with E-state index >= 15 is 0 Å².